The molecule has 0 amide bonds. The molecule has 0 saturated carbocycles. The molecule has 0 spiro atoms. The van der Waals surface area contributed by atoms with Crippen LogP contribution in [-0.4, -0.2) is 19.7 Å². The first-order valence-corrected chi connectivity index (χ1v) is 5.65. The van der Waals surface area contributed by atoms with Gasteiger partial charge in [-0.15, -0.1) is 0 Å². The molecule has 3 heteroatoms. The monoisotopic (exact) mass is 242 g/mol. The van der Waals surface area contributed by atoms with Crippen LogP contribution in [0, 0.1) is 0 Å². The number of para-hydroxylation sites is 1. The maximum absolute atomic E-state index is 11.4. The molecule has 0 atom stereocenters. The first kappa shape index (κ1) is 12.3. The van der Waals surface area contributed by atoms with E-state index in [1.165, 1.54) is 7.11 Å². The van der Waals surface area contributed by atoms with Gasteiger partial charge in [-0.2, -0.15) is 0 Å². The third-order valence-corrected chi connectivity index (χ3v) is 2.46. The van der Waals surface area contributed by atoms with Gasteiger partial charge < -0.3 is 9.47 Å². The second kappa shape index (κ2) is 5.98. The molecule has 0 aromatic heterocycles. The quantitative estimate of drug-likeness (QED) is 0.611. The van der Waals surface area contributed by atoms with Gasteiger partial charge in [0.2, 0.25) is 0 Å². The van der Waals surface area contributed by atoms with E-state index in [1.807, 2.05) is 48.5 Å². The Morgan fingerprint density at radius 3 is 2.39 bits per heavy atom. The van der Waals surface area contributed by atoms with Gasteiger partial charge in [0.05, 0.1) is 0 Å². The van der Waals surface area contributed by atoms with Crippen molar-refractivity contribution >= 4 is 5.97 Å². The lowest BCUT2D eigenvalue weighted by atomic mass is 10.1. The van der Waals surface area contributed by atoms with Crippen molar-refractivity contribution in [3.05, 3.63) is 54.6 Å². The molecule has 0 heterocycles. The second-order valence-electron chi connectivity index (χ2n) is 3.77. The van der Waals surface area contributed by atoms with Crippen molar-refractivity contribution in [1.29, 1.82) is 0 Å². The molecule has 0 N–H and O–H groups in total. The number of carbonyl (C=O) groups is 1. The van der Waals surface area contributed by atoms with E-state index in [0.29, 0.717) is 5.75 Å². The number of carbonyl (C=O) groups excluding carboxylic acids is 1. The molecule has 0 fully saturated rings. The van der Waals surface area contributed by atoms with E-state index in [4.69, 9.17) is 9.47 Å². The summed E-state index contributed by atoms with van der Waals surface area (Å²) in [6.07, 6.45) is 0. The molecule has 0 radical (unpaired) electrons. The molecular weight excluding hydrogens is 228 g/mol. The van der Waals surface area contributed by atoms with Gasteiger partial charge in [-0.05, 0) is 11.6 Å². The summed E-state index contributed by atoms with van der Waals surface area (Å²) in [5.74, 6) is 0.145. The highest BCUT2D eigenvalue weighted by Crippen LogP contribution is 2.29. The minimum absolute atomic E-state index is 0.0525. The minimum Gasteiger partial charge on any atom is -0.424 e. The molecule has 18 heavy (non-hydrogen) atoms. The summed E-state index contributed by atoms with van der Waals surface area (Å²) in [5.41, 5.74) is 1.90. The van der Waals surface area contributed by atoms with Gasteiger partial charge in [0, 0.05) is 12.7 Å². The average Bonchev–Trinajstić information content (AvgIpc) is 2.40. The van der Waals surface area contributed by atoms with Crippen molar-refractivity contribution in [2.24, 2.45) is 0 Å². The van der Waals surface area contributed by atoms with E-state index in [2.05, 4.69) is 0 Å². The fourth-order valence-corrected chi connectivity index (χ4v) is 1.68. The third-order valence-electron chi connectivity index (χ3n) is 2.46. The number of ether oxygens (including phenoxy) is 2. The topological polar surface area (TPSA) is 35.5 Å². The van der Waals surface area contributed by atoms with Crippen molar-refractivity contribution in [3.63, 3.8) is 0 Å². The molecule has 0 bridgehead atoms. The average molecular weight is 242 g/mol. The molecule has 2 aromatic carbocycles. The summed E-state index contributed by atoms with van der Waals surface area (Å²) in [7, 11) is 1.46. The molecule has 2 aromatic rings. The molecule has 0 aliphatic rings. The fourth-order valence-electron chi connectivity index (χ4n) is 1.68. The fraction of sp³-hybridized carbons (Fsp3) is 0.133. The lowest BCUT2D eigenvalue weighted by Gasteiger charge is -2.09. The highest BCUT2D eigenvalue weighted by Gasteiger charge is 2.09. The summed E-state index contributed by atoms with van der Waals surface area (Å²) in [6, 6.07) is 17.2. The number of methoxy groups -OCH3 is 1. The van der Waals surface area contributed by atoms with Gasteiger partial charge in [-0.25, -0.2) is 4.79 Å². The summed E-state index contributed by atoms with van der Waals surface area (Å²) >= 11 is 0. The summed E-state index contributed by atoms with van der Waals surface area (Å²) in [4.78, 5) is 11.4. The van der Waals surface area contributed by atoms with Crippen LogP contribution in [0.1, 0.15) is 0 Å². The highest BCUT2D eigenvalue weighted by atomic mass is 16.6. The Morgan fingerprint density at radius 2 is 1.67 bits per heavy atom. The Labute approximate surface area is 106 Å². The second-order valence-corrected chi connectivity index (χ2v) is 3.77. The van der Waals surface area contributed by atoms with E-state index >= 15 is 0 Å². The van der Waals surface area contributed by atoms with Crippen molar-refractivity contribution in [3.8, 4) is 16.9 Å². The molecular formula is C15H14O3. The van der Waals surface area contributed by atoms with Gasteiger partial charge in [-0.3, -0.25) is 0 Å². The predicted molar refractivity (Wildman–Crippen MR) is 69.4 cm³/mol. The van der Waals surface area contributed by atoms with E-state index in [1.54, 1.807) is 6.07 Å². The molecule has 0 unspecified atom stereocenters. The number of esters is 1. The first-order chi connectivity index (χ1) is 8.81. The van der Waals surface area contributed by atoms with Crippen molar-refractivity contribution in [1.82, 2.24) is 0 Å². The Bertz CT molecular complexity index is 520. The van der Waals surface area contributed by atoms with E-state index in [9.17, 15) is 4.79 Å². The lowest BCUT2D eigenvalue weighted by molar-refractivity contribution is -0.138. The maximum Gasteiger partial charge on any atom is 0.337 e. The van der Waals surface area contributed by atoms with Crippen LogP contribution in [0.3, 0.4) is 0 Å². The first-order valence-electron chi connectivity index (χ1n) is 5.65. The van der Waals surface area contributed by atoms with Gasteiger partial charge in [-0.1, -0.05) is 48.5 Å². The number of rotatable bonds is 4. The number of benzene rings is 2. The standard InChI is InChI=1S/C15H14O3/c1-17-11-15(16)18-14-10-6-5-9-13(14)12-7-3-2-4-8-12/h2-10H,11H2,1H3. The van der Waals surface area contributed by atoms with Crippen molar-refractivity contribution in [2.45, 2.75) is 0 Å². The molecule has 0 aliphatic carbocycles. The van der Waals surface area contributed by atoms with E-state index < -0.39 is 5.97 Å². The Kier molecular flexibility index (Phi) is 4.10. The zero-order valence-electron chi connectivity index (χ0n) is 10.1. The van der Waals surface area contributed by atoms with Crippen LogP contribution in [0.25, 0.3) is 11.1 Å². The van der Waals surface area contributed by atoms with Crippen LogP contribution in [0.2, 0.25) is 0 Å². The molecule has 92 valence electrons. The summed E-state index contributed by atoms with van der Waals surface area (Å²) < 4.78 is 10.0. The zero-order valence-corrected chi connectivity index (χ0v) is 10.1. The van der Waals surface area contributed by atoms with Gasteiger partial charge >= 0.3 is 5.97 Å². The Hall–Kier alpha value is -2.13. The van der Waals surface area contributed by atoms with Crippen LogP contribution >= 0.6 is 0 Å². The van der Waals surface area contributed by atoms with Gasteiger partial charge in [0.25, 0.3) is 0 Å². The van der Waals surface area contributed by atoms with Crippen LogP contribution in [0.15, 0.2) is 54.6 Å². The molecule has 0 aliphatic heterocycles. The number of hydrogen-bond acceptors (Lipinski definition) is 3. The van der Waals surface area contributed by atoms with Gasteiger partial charge in [0.15, 0.2) is 0 Å². The van der Waals surface area contributed by atoms with Crippen LogP contribution < -0.4 is 4.74 Å². The molecule has 3 nitrogen and oxygen atoms in total. The van der Waals surface area contributed by atoms with Crippen molar-refractivity contribution in [2.75, 3.05) is 13.7 Å². The van der Waals surface area contributed by atoms with Crippen LogP contribution in [0.4, 0.5) is 0 Å². The maximum atomic E-state index is 11.4. The Morgan fingerprint density at radius 1 is 1.00 bits per heavy atom. The van der Waals surface area contributed by atoms with E-state index in [-0.39, 0.29) is 6.61 Å². The molecule has 2 rings (SSSR count). The van der Waals surface area contributed by atoms with E-state index in [0.717, 1.165) is 11.1 Å². The van der Waals surface area contributed by atoms with Crippen LogP contribution in [-0.2, 0) is 9.53 Å². The third kappa shape index (κ3) is 2.96. The highest BCUT2D eigenvalue weighted by molar-refractivity contribution is 5.78. The van der Waals surface area contributed by atoms with Crippen molar-refractivity contribution < 1.29 is 14.3 Å². The summed E-state index contributed by atoms with van der Waals surface area (Å²) in [5, 5.41) is 0. The Balaban J connectivity index is 2.29. The SMILES string of the molecule is COCC(=O)Oc1ccccc1-c1ccccc1. The zero-order chi connectivity index (χ0) is 12.8. The largest absolute Gasteiger partial charge is 0.424 e. The molecule has 0 saturated heterocycles. The lowest BCUT2D eigenvalue weighted by Crippen LogP contribution is -2.14. The van der Waals surface area contributed by atoms with Gasteiger partial charge in [0.1, 0.15) is 12.4 Å². The number of hydrogen-bond donors (Lipinski definition) is 0. The normalized spacial score (nSPS) is 10.1. The van der Waals surface area contributed by atoms with Crippen LogP contribution in [0.5, 0.6) is 5.75 Å². The summed E-state index contributed by atoms with van der Waals surface area (Å²) in [6.45, 7) is -0.0525. The minimum atomic E-state index is -0.402. The smallest absolute Gasteiger partial charge is 0.337 e. The predicted octanol–water partition coefficient (Wildman–Crippen LogP) is 2.91.